The molecule has 0 unspecified atom stereocenters. The Morgan fingerprint density at radius 2 is 1.83 bits per heavy atom. The van der Waals surface area contributed by atoms with E-state index in [-0.39, 0.29) is 11.3 Å². The summed E-state index contributed by atoms with van der Waals surface area (Å²) in [5, 5.41) is 4.72. The fraction of sp³-hybridized carbons (Fsp3) is 0.444. The Morgan fingerprint density at radius 3 is 2.45 bits per heavy atom. The van der Waals surface area contributed by atoms with Crippen LogP contribution in [0, 0.1) is 0 Å². The standard InChI is InChI=1S/C18H19F5N2O4/c1-3-8-28-12-7-5-4-6-11(12)14-13(10(2)24-16(27)25-14)15(26)29-9-17(19,20)18(21,22)23/h4-7,14H,3,8-9H2,1-2H3,(H2,24,25,27)/t14-/m0/s1. The molecule has 0 saturated heterocycles. The maximum Gasteiger partial charge on any atom is 0.456 e. The van der Waals surface area contributed by atoms with Crippen molar-refractivity contribution in [2.75, 3.05) is 13.2 Å². The summed E-state index contributed by atoms with van der Waals surface area (Å²) in [5.41, 5.74) is -0.0239. The van der Waals surface area contributed by atoms with Gasteiger partial charge in [0, 0.05) is 11.3 Å². The van der Waals surface area contributed by atoms with Gasteiger partial charge in [-0.25, -0.2) is 9.59 Å². The van der Waals surface area contributed by atoms with Gasteiger partial charge in [-0.1, -0.05) is 25.1 Å². The van der Waals surface area contributed by atoms with Gasteiger partial charge in [0.25, 0.3) is 0 Å². The molecule has 0 fully saturated rings. The Morgan fingerprint density at radius 1 is 1.17 bits per heavy atom. The normalized spacial score (nSPS) is 17.5. The first-order valence-electron chi connectivity index (χ1n) is 8.59. The second-order valence-corrected chi connectivity index (χ2v) is 6.23. The second-order valence-electron chi connectivity index (χ2n) is 6.23. The van der Waals surface area contributed by atoms with Crippen LogP contribution in [0.2, 0.25) is 0 Å². The van der Waals surface area contributed by atoms with E-state index in [2.05, 4.69) is 15.4 Å². The summed E-state index contributed by atoms with van der Waals surface area (Å²) in [7, 11) is 0. The summed E-state index contributed by atoms with van der Waals surface area (Å²) in [6.07, 6.45) is -5.20. The molecular formula is C18H19F5N2O4. The Labute approximate surface area is 163 Å². The lowest BCUT2D eigenvalue weighted by Crippen LogP contribution is -2.46. The molecule has 1 aromatic rings. The van der Waals surface area contributed by atoms with Gasteiger partial charge < -0.3 is 20.1 Å². The predicted octanol–water partition coefficient (Wildman–Crippen LogP) is 3.84. The lowest BCUT2D eigenvalue weighted by molar-refractivity contribution is -0.293. The van der Waals surface area contributed by atoms with Crippen LogP contribution in [0.3, 0.4) is 0 Å². The van der Waals surface area contributed by atoms with Crippen molar-refractivity contribution < 1.29 is 41.0 Å². The van der Waals surface area contributed by atoms with Crippen molar-refractivity contribution in [1.82, 2.24) is 10.6 Å². The zero-order valence-corrected chi connectivity index (χ0v) is 15.5. The molecular weight excluding hydrogens is 403 g/mol. The number of rotatable bonds is 7. The van der Waals surface area contributed by atoms with E-state index in [1.165, 1.54) is 13.0 Å². The molecule has 0 saturated carbocycles. The van der Waals surface area contributed by atoms with Gasteiger partial charge in [0.15, 0.2) is 6.61 Å². The lowest BCUT2D eigenvalue weighted by Gasteiger charge is -2.29. The average molecular weight is 422 g/mol. The van der Waals surface area contributed by atoms with Crippen molar-refractivity contribution in [2.45, 2.75) is 38.4 Å². The number of ether oxygens (including phenoxy) is 2. The van der Waals surface area contributed by atoms with Crippen LogP contribution < -0.4 is 15.4 Å². The number of nitrogens with one attached hydrogen (secondary N) is 2. The summed E-state index contributed by atoms with van der Waals surface area (Å²) in [6, 6.07) is 4.51. The summed E-state index contributed by atoms with van der Waals surface area (Å²) in [4.78, 5) is 24.3. The largest absolute Gasteiger partial charge is 0.493 e. The number of hydrogen-bond donors (Lipinski definition) is 2. The molecule has 1 atom stereocenters. The van der Waals surface area contributed by atoms with Gasteiger partial charge in [0.05, 0.1) is 18.2 Å². The van der Waals surface area contributed by atoms with Crippen LogP contribution in [0.25, 0.3) is 0 Å². The van der Waals surface area contributed by atoms with Crippen molar-refractivity contribution in [3.63, 3.8) is 0 Å². The third-order valence-corrected chi connectivity index (χ3v) is 3.98. The third-order valence-electron chi connectivity index (χ3n) is 3.98. The van der Waals surface area contributed by atoms with E-state index in [0.717, 1.165) is 0 Å². The highest BCUT2D eigenvalue weighted by Gasteiger charge is 2.58. The van der Waals surface area contributed by atoms with Gasteiger partial charge >= 0.3 is 24.1 Å². The Kier molecular flexibility index (Phi) is 6.70. The number of alkyl halides is 5. The number of carbonyl (C=O) groups excluding carboxylic acids is 2. The first-order chi connectivity index (χ1) is 13.5. The van der Waals surface area contributed by atoms with Crippen LogP contribution in [0.4, 0.5) is 26.7 Å². The molecule has 2 N–H and O–H groups in total. The van der Waals surface area contributed by atoms with Crippen LogP contribution >= 0.6 is 0 Å². The highest BCUT2D eigenvalue weighted by Crippen LogP contribution is 2.37. The molecule has 6 nitrogen and oxygen atoms in total. The highest BCUT2D eigenvalue weighted by molar-refractivity contribution is 5.95. The van der Waals surface area contributed by atoms with Gasteiger partial charge in [0.2, 0.25) is 0 Å². The number of benzene rings is 1. The quantitative estimate of drug-likeness (QED) is 0.517. The molecule has 0 spiro atoms. The summed E-state index contributed by atoms with van der Waals surface area (Å²) in [6.45, 7) is 1.32. The van der Waals surface area contributed by atoms with Gasteiger partial charge in [-0.05, 0) is 19.4 Å². The first kappa shape index (κ1) is 22.4. The fourth-order valence-electron chi connectivity index (χ4n) is 2.58. The lowest BCUT2D eigenvalue weighted by atomic mass is 9.95. The molecule has 1 aromatic carbocycles. The van der Waals surface area contributed by atoms with E-state index in [9.17, 15) is 31.5 Å². The zero-order chi connectivity index (χ0) is 21.8. The van der Waals surface area contributed by atoms with Crippen molar-refractivity contribution in [3.05, 3.63) is 41.1 Å². The molecule has 2 rings (SSSR count). The number of amides is 2. The Hall–Kier alpha value is -2.85. The second kappa shape index (κ2) is 8.66. The summed E-state index contributed by atoms with van der Waals surface area (Å²) in [5.74, 6) is -6.31. The summed E-state index contributed by atoms with van der Waals surface area (Å²) < 4.78 is 73.1. The van der Waals surface area contributed by atoms with Crippen LogP contribution in [0.1, 0.15) is 31.9 Å². The molecule has 29 heavy (non-hydrogen) atoms. The first-order valence-corrected chi connectivity index (χ1v) is 8.59. The number of hydrogen-bond acceptors (Lipinski definition) is 4. The van der Waals surface area contributed by atoms with Crippen molar-refractivity contribution in [2.24, 2.45) is 0 Å². The molecule has 160 valence electrons. The molecule has 1 aliphatic heterocycles. The monoisotopic (exact) mass is 422 g/mol. The number of halogens is 5. The fourth-order valence-corrected chi connectivity index (χ4v) is 2.58. The molecule has 0 radical (unpaired) electrons. The smallest absolute Gasteiger partial charge is 0.456 e. The molecule has 0 aliphatic carbocycles. The molecule has 0 bridgehead atoms. The molecule has 2 amide bonds. The topological polar surface area (TPSA) is 76.7 Å². The number of esters is 1. The molecule has 11 heteroatoms. The van der Waals surface area contributed by atoms with E-state index >= 15 is 0 Å². The minimum absolute atomic E-state index is 0.0376. The van der Waals surface area contributed by atoms with Gasteiger partial charge in [-0.3, -0.25) is 0 Å². The minimum Gasteiger partial charge on any atom is -0.493 e. The van der Waals surface area contributed by atoms with Crippen LogP contribution in [-0.4, -0.2) is 37.3 Å². The molecule has 1 aliphatic rings. The highest BCUT2D eigenvalue weighted by atomic mass is 19.4. The van der Waals surface area contributed by atoms with Crippen LogP contribution in [0.5, 0.6) is 5.75 Å². The molecule has 0 aromatic heterocycles. The average Bonchev–Trinajstić information content (AvgIpc) is 2.63. The van der Waals surface area contributed by atoms with Gasteiger partial charge in [-0.2, -0.15) is 22.0 Å². The Balaban J connectivity index is 2.34. The van der Waals surface area contributed by atoms with Gasteiger partial charge in [-0.15, -0.1) is 0 Å². The maximum atomic E-state index is 13.1. The number of carbonyl (C=O) groups is 2. The summed E-state index contributed by atoms with van der Waals surface area (Å²) >= 11 is 0. The van der Waals surface area contributed by atoms with Crippen molar-refractivity contribution in [3.8, 4) is 5.75 Å². The zero-order valence-electron chi connectivity index (χ0n) is 15.5. The minimum atomic E-state index is -5.87. The van der Waals surface area contributed by atoms with Gasteiger partial charge in [0.1, 0.15) is 5.75 Å². The van der Waals surface area contributed by atoms with E-state index in [0.29, 0.717) is 24.3 Å². The van der Waals surface area contributed by atoms with E-state index in [4.69, 9.17) is 4.74 Å². The number of urea groups is 1. The van der Waals surface area contributed by atoms with E-state index in [1.807, 2.05) is 6.92 Å². The van der Waals surface area contributed by atoms with Crippen LogP contribution in [0.15, 0.2) is 35.5 Å². The van der Waals surface area contributed by atoms with Crippen molar-refractivity contribution >= 4 is 12.0 Å². The van der Waals surface area contributed by atoms with E-state index < -0.39 is 36.7 Å². The number of allylic oxidation sites excluding steroid dienone is 1. The third kappa shape index (κ3) is 5.15. The Bertz CT molecular complexity index is 808. The maximum absolute atomic E-state index is 13.1. The molecule has 1 heterocycles. The SMILES string of the molecule is CCCOc1ccccc1[C@@H]1NC(=O)NC(C)=C1C(=O)OCC(F)(F)C(F)(F)F. The van der Waals surface area contributed by atoms with Crippen LogP contribution in [-0.2, 0) is 9.53 Å². The van der Waals surface area contributed by atoms with Crippen molar-refractivity contribution in [1.29, 1.82) is 0 Å². The van der Waals surface area contributed by atoms with E-state index in [1.54, 1.807) is 18.2 Å². The predicted molar refractivity (Wildman–Crippen MR) is 91.3 cm³/mol. The number of para-hydroxylation sites is 1.